The molecule has 0 bridgehead atoms. The van der Waals surface area contributed by atoms with Crippen LogP contribution < -0.4 is 9.62 Å². The number of nitrogens with one attached hydrogen (secondary N) is 1. The summed E-state index contributed by atoms with van der Waals surface area (Å²) in [6.07, 6.45) is 0.732. The van der Waals surface area contributed by atoms with Gasteiger partial charge in [0.25, 0.3) is 10.0 Å². The topological polar surface area (TPSA) is 86.8 Å². The summed E-state index contributed by atoms with van der Waals surface area (Å²) in [6, 6.07) is 18.8. The number of anilines is 1. The second-order valence-electron chi connectivity index (χ2n) is 8.51. The van der Waals surface area contributed by atoms with E-state index < -0.39 is 28.5 Å². The number of rotatable bonds is 11. The van der Waals surface area contributed by atoms with Crippen LogP contribution in [-0.4, -0.2) is 44.3 Å². The summed E-state index contributed by atoms with van der Waals surface area (Å²) in [4.78, 5) is 28.1. The van der Waals surface area contributed by atoms with E-state index >= 15 is 0 Å². The highest BCUT2D eigenvalue weighted by Crippen LogP contribution is 2.35. The lowest BCUT2D eigenvalue weighted by molar-refractivity contribution is -0.139. The molecular formula is C27H28BrCl2N3O4S. The van der Waals surface area contributed by atoms with E-state index in [4.69, 9.17) is 23.2 Å². The smallest absolute Gasteiger partial charge is 0.264 e. The molecule has 2 amide bonds. The van der Waals surface area contributed by atoms with Crippen molar-refractivity contribution >= 4 is 66.7 Å². The van der Waals surface area contributed by atoms with Gasteiger partial charge in [-0.2, -0.15) is 0 Å². The Labute approximate surface area is 241 Å². The standard InChI is InChI=1S/C27H28BrCl2N3O4S/c1-3-16-31-27(35)19(2)32(17-20-12-14-21(28)15-13-20)25(34)18-33(24-11-7-10-23(29)26(24)30)38(36,37)22-8-5-4-6-9-22/h4-15,19H,3,16-18H2,1-2H3,(H,31,35)/t19-/m1/s1. The van der Waals surface area contributed by atoms with E-state index in [9.17, 15) is 18.0 Å². The molecule has 7 nitrogen and oxygen atoms in total. The molecule has 3 aromatic rings. The fraction of sp³-hybridized carbons (Fsp3) is 0.259. The predicted octanol–water partition coefficient (Wildman–Crippen LogP) is 5.89. The summed E-state index contributed by atoms with van der Waals surface area (Å²) in [5.41, 5.74) is 0.831. The van der Waals surface area contributed by atoms with Gasteiger partial charge in [-0.05, 0) is 55.3 Å². The summed E-state index contributed by atoms with van der Waals surface area (Å²) in [6.45, 7) is 3.49. The average Bonchev–Trinajstić information content (AvgIpc) is 2.91. The Balaban J connectivity index is 2.04. The van der Waals surface area contributed by atoms with E-state index in [1.165, 1.54) is 29.2 Å². The first-order valence-electron chi connectivity index (χ1n) is 11.9. The number of amides is 2. The van der Waals surface area contributed by atoms with Crippen LogP contribution in [-0.2, 0) is 26.2 Å². The van der Waals surface area contributed by atoms with Gasteiger partial charge in [-0.25, -0.2) is 8.42 Å². The van der Waals surface area contributed by atoms with Gasteiger partial charge in [0.2, 0.25) is 11.8 Å². The molecule has 0 saturated carbocycles. The molecule has 0 saturated heterocycles. The maximum absolute atomic E-state index is 13.8. The van der Waals surface area contributed by atoms with Crippen LogP contribution in [0.25, 0.3) is 0 Å². The molecule has 1 atom stereocenters. The maximum Gasteiger partial charge on any atom is 0.264 e. The molecule has 0 spiro atoms. The normalized spacial score (nSPS) is 12.0. The van der Waals surface area contributed by atoms with Crippen LogP contribution in [0.2, 0.25) is 10.0 Å². The molecule has 0 aromatic heterocycles. The molecule has 3 aromatic carbocycles. The van der Waals surface area contributed by atoms with E-state index in [2.05, 4.69) is 21.2 Å². The lowest BCUT2D eigenvalue weighted by atomic mass is 10.1. The number of hydrogen-bond donors (Lipinski definition) is 1. The van der Waals surface area contributed by atoms with E-state index in [0.29, 0.717) is 6.54 Å². The van der Waals surface area contributed by atoms with Crippen molar-refractivity contribution in [3.63, 3.8) is 0 Å². The number of nitrogens with zero attached hydrogens (tertiary/aromatic N) is 2. The van der Waals surface area contributed by atoms with Crippen molar-refractivity contribution in [3.05, 3.63) is 92.9 Å². The number of carbonyl (C=O) groups excluding carboxylic acids is 2. The van der Waals surface area contributed by atoms with Crippen LogP contribution >= 0.6 is 39.1 Å². The van der Waals surface area contributed by atoms with Crippen molar-refractivity contribution in [2.45, 2.75) is 37.8 Å². The highest BCUT2D eigenvalue weighted by atomic mass is 79.9. The first-order valence-corrected chi connectivity index (χ1v) is 14.9. The maximum atomic E-state index is 13.8. The quantitative estimate of drug-likeness (QED) is 0.283. The third kappa shape index (κ3) is 7.28. The molecule has 11 heteroatoms. The van der Waals surface area contributed by atoms with Gasteiger partial charge in [-0.15, -0.1) is 0 Å². The monoisotopic (exact) mass is 639 g/mol. The van der Waals surface area contributed by atoms with E-state index in [-0.39, 0.29) is 33.1 Å². The zero-order valence-corrected chi connectivity index (χ0v) is 24.8. The second kappa shape index (κ2) is 13.5. The van der Waals surface area contributed by atoms with Crippen molar-refractivity contribution in [2.24, 2.45) is 0 Å². The molecule has 38 heavy (non-hydrogen) atoms. The number of halogens is 3. The fourth-order valence-corrected chi connectivity index (χ4v) is 5.84. The molecule has 0 aliphatic carbocycles. The highest BCUT2D eigenvalue weighted by Gasteiger charge is 2.33. The highest BCUT2D eigenvalue weighted by molar-refractivity contribution is 9.10. The predicted molar refractivity (Wildman–Crippen MR) is 155 cm³/mol. The van der Waals surface area contributed by atoms with Gasteiger partial charge in [0.15, 0.2) is 0 Å². The third-order valence-electron chi connectivity index (χ3n) is 5.79. The first kappa shape index (κ1) is 30.0. The minimum absolute atomic E-state index is 0.00494. The van der Waals surface area contributed by atoms with Gasteiger partial charge in [0.05, 0.1) is 20.6 Å². The Bertz CT molecular complexity index is 1370. The van der Waals surface area contributed by atoms with Gasteiger partial charge in [-0.1, -0.05) is 82.5 Å². The van der Waals surface area contributed by atoms with Crippen LogP contribution in [0.15, 0.2) is 82.2 Å². The Morgan fingerprint density at radius 2 is 1.63 bits per heavy atom. The minimum atomic E-state index is -4.22. The molecule has 0 unspecified atom stereocenters. The van der Waals surface area contributed by atoms with Crippen molar-refractivity contribution < 1.29 is 18.0 Å². The molecule has 0 radical (unpaired) electrons. The van der Waals surface area contributed by atoms with E-state index in [1.807, 2.05) is 31.2 Å². The third-order valence-corrected chi connectivity index (χ3v) is 8.90. The minimum Gasteiger partial charge on any atom is -0.354 e. The zero-order valence-electron chi connectivity index (χ0n) is 20.9. The van der Waals surface area contributed by atoms with Crippen LogP contribution in [0.3, 0.4) is 0 Å². The van der Waals surface area contributed by atoms with Crippen molar-refractivity contribution in [3.8, 4) is 0 Å². The molecule has 0 aliphatic rings. The van der Waals surface area contributed by atoms with E-state index in [0.717, 1.165) is 20.8 Å². The van der Waals surface area contributed by atoms with Crippen LogP contribution in [0.5, 0.6) is 0 Å². The number of hydrogen-bond acceptors (Lipinski definition) is 4. The van der Waals surface area contributed by atoms with Crippen molar-refractivity contribution in [1.29, 1.82) is 0 Å². The van der Waals surface area contributed by atoms with Crippen molar-refractivity contribution in [1.82, 2.24) is 10.2 Å². The first-order chi connectivity index (χ1) is 18.1. The van der Waals surface area contributed by atoms with Gasteiger partial charge in [-0.3, -0.25) is 13.9 Å². The van der Waals surface area contributed by atoms with Gasteiger partial charge in [0.1, 0.15) is 12.6 Å². The Morgan fingerprint density at radius 1 is 0.974 bits per heavy atom. The number of carbonyl (C=O) groups is 2. The average molecular weight is 641 g/mol. The Kier molecular flexibility index (Phi) is 10.6. The SMILES string of the molecule is CCCNC(=O)[C@@H](C)N(Cc1ccc(Br)cc1)C(=O)CN(c1cccc(Cl)c1Cl)S(=O)(=O)c1ccccc1. The summed E-state index contributed by atoms with van der Waals surface area (Å²) in [5, 5.41) is 2.95. The summed E-state index contributed by atoms with van der Waals surface area (Å²) < 4.78 is 29.3. The molecule has 1 N–H and O–H groups in total. The van der Waals surface area contributed by atoms with Crippen molar-refractivity contribution in [2.75, 3.05) is 17.4 Å². The molecule has 3 rings (SSSR count). The molecular weight excluding hydrogens is 613 g/mol. The van der Waals surface area contributed by atoms with Gasteiger partial charge >= 0.3 is 0 Å². The lowest BCUT2D eigenvalue weighted by Gasteiger charge is -2.32. The lowest BCUT2D eigenvalue weighted by Crippen LogP contribution is -2.51. The molecule has 0 fully saturated rings. The number of benzene rings is 3. The van der Waals surface area contributed by atoms with Crippen LogP contribution in [0.4, 0.5) is 5.69 Å². The number of sulfonamides is 1. The molecule has 0 aliphatic heterocycles. The summed E-state index contributed by atoms with van der Waals surface area (Å²) in [7, 11) is -4.22. The summed E-state index contributed by atoms with van der Waals surface area (Å²) >= 11 is 16.0. The zero-order chi connectivity index (χ0) is 27.9. The molecule has 202 valence electrons. The molecule has 0 heterocycles. The largest absolute Gasteiger partial charge is 0.354 e. The fourth-order valence-electron chi connectivity index (χ4n) is 3.68. The van der Waals surface area contributed by atoms with Gasteiger partial charge < -0.3 is 10.2 Å². The Morgan fingerprint density at radius 3 is 2.26 bits per heavy atom. The van der Waals surface area contributed by atoms with Crippen LogP contribution in [0.1, 0.15) is 25.8 Å². The second-order valence-corrected chi connectivity index (χ2v) is 12.1. The summed E-state index contributed by atoms with van der Waals surface area (Å²) in [5.74, 6) is -0.918. The van der Waals surface area contributed by atoms with Gasteiger partial charge in [0, 0.05) is 17.6 Å². The van der Waals surface area contributed by atoms with E-state index in [1.54, 1.807) is 31.2 Å². The Hall–Kier alpha value is -2.59. The van der Waals surface area contributed by atoms with Crippen LogP contribution in [0, 0.1) is 0 Å².